The summed E-state index contributed by atoms with van der Waals surface area (Å²) in [6.45, 7) is 4.31. The van der Waals surface area contributed by atoms with Crippen LogP contribution in [-0.2, 0) is 6.54 Å². The molecule has 0 radical (unpaired) electrons. The molecule has 1 aliphatic heterocycles. The highest BCUT2D eigenvalue weighted by atomic mass is 35.5. The number of hydrogen-bond donors (Lipinski definition) is 1. The van der Waals surface area contributed by atoms with Gasteiger partial charge in [-0.05, 0) is 30.4 Å². The van der Waals surface area contributed by atoms with E-state index in [-0.39, 0.29) is 0 Å². The van der Waals surface area contributed by atoms with Crippen LogP contribution in [0.1, 0.15) is 37.7 Å². The Labute approximate surface area is 126 Å². The van der Waals surface area contributed by atoms with E-state index in [9.17, 15) is 0 Å². The van der Waals surface area contributed by atoms with Crippen LogP contribution in [0.15, 0.2) is 18.5 Å². The lowest BCUT2D eigenvalue weighted by Crippen LogP contribution is -2.54. The Balaban J connectivity index is 1.70. The highest BCUT2D eigenvalue weighted by Gasteiger charge is 2.30. The number of pyridine rings is 1. The van der Waals surface area contributed by atoms with Crippen molar-refractivity contribution in [1.29, 1.82) is 0 Å². The zero-order valence-corrected chi connectivity index (χ0v) is 12.8. The molecule has 2 fully saturated rings. The van der Waals surface area contributed by atoms with Gasteiger partial charge in [0, 0.05) is 44.6 Å². The molecule has 20 heavy (non-hydrogen) atoms. The van der Waals surface area contributed by atoms with Crippen molar-refractivity contribution in [3.8, 4) is 0 Å². The monoisotopic (exact) mass is 293 g/mol. The van der Waals surface area contributed by atoms with Crippen molar-refractivity contribution >= 4 is 11.6 Å². The summed E-state index contributed by atoms with van der Waals surface area (Å²) in [5, 5.41) is 4.37. The van der Waals surface area contributed by atoms with Gasteiger partial charge in [-0.1, -0.05) is 30.9 Å². The summed E-state index contributed by atoms with van der Waals surface area (Å²) in [6.07, 6.45) is 10.6. The van der Waals surface area contributed by atoms with Crippen LogP contribution in [-0.4, -0.2) is 35.6 Å². The second-order valence-electron chi connectivity index (χ2n) is 6.11. The number of piperazine rings is 1. The smallest absolute Gasteiger partial charge is 0.0634 e. The second kappa shape index (κ2) is 6.88. The van der Waals surface area contributed by atoms with Gasteiger partial charge >= 0.3 is 0 Å². The average molecular weight is 294 g/mol. The van der Waals surface area contributed by atoms with Crippen LogP contribution in [0.4, 0.5) is 0 Å². The molecule has 1 N–H and O–H groups in total. The number of rotatable bonds is 3. The Morgan fingerprint density at radius 1 is 1.30 bits per heavy atom. The summed E-state index contributed by atoms with van der Waals surface area (Å²) in [5.41, 5.74) is 1.21. The number of nitrogens with zero attached hydrogens (tertiary/aromatic N) is 2. The van der Waals surface area contributed by atoms with Crippen molar-refractivity contribution in [2.75, 3.05) is 19.6 Å². The Bertz CT molecular complexity index is 431. The number of aromatic nitrogens is 1. The molecule has 0 aromatic carbocycles. The third kappa shape index (κ3) is 3.33. The minimum atomic E-state index is 0.674. The molecule has 1 aliphatic carbocycles. The normalized spacial score (nSPS) is 25.8. The maximum atomic E-state index is 6.27. The van der Waals surface area contributed by atoms with Crippen molar-refractivity contribution in [3.05, 3.63) is 29.0 Å². The predicted octanol–water partition coefficient (Wildman–Crippen LogP) is 3.09. The zero-order chi connectivity index (χ0) is 13.8. The first-order valence-corrected chi connectivity index (χ1v) is 8.25. The van der Waals surface area contributed by atoms with Gasteiger partial charge in [-0.25, -0.2) is 0 Å². The molecule has 1 aromatic rings. The van der Waals surface area contributed by atoms with E-state index in [0.29, 0.717) is 6.04 Å². The molecule has 2 aliphatic rings. The molecule has 110 valence electrons. The highest BCUT2D eigenvalue weighted by molar-refractivity contribution is 6.31. The fraction of sp³-hybridized carbons (Fsp3) is 0.688. The predicted molar refractivity (Wildman–Crippen MR) is 82.9 cm³/mol. The molecule has 1 saturated heterocycles. The molecular formula is C16H24ClN3. The van der Waals surface area contributed by atoms with Gasteiger partial charge in [-0.2, -0.15) is 0 Å². The number of nitrogens with one attached hydrogen (secondary N) is 1. The topological polar surface area (TPSA) is 28.2 Å². The zero-order valence-electron chi connectivity index (χ0n) is 12.0. The van der Waals surface area contributed by atoms with E-state index in [1.807, 2.05) is 6.20 Å². The minimum absolute atomic E-state index is 0.674. The van der Waals surface area contributed by atoms with Crippen LogP contribution < -0.4 is 5.32 Å². The van der Waals surface area contributed by atoms with Gasteiger partial charge in [0.15, 0.2) is 0 Å². The second-order valence-corrected chi connectivity index (χ2v) is 6.51. The summed E-state index contributed by atoms with van der Waals surface area (Å²) in [4.78, 5) is 6.72. The van der Waals surface area contributed by atoms with Gasteiger partial charge in [0.25, 0.3) is 0 Å². The van der Waals surface area contributed by atoms with Crippen LogP contribution in [0.3, 0.4) is 0 Å². The number of halogens is 1. The van der Waals surface area contributed by atoms with Crippen LogP contribution in [0, 0.1) is 5.92 Å². The molecule has 0 spiro atoms. The summed E-state index contributed by atoms with van der Waals surface area (Å²) in [6, 6.07) is 2.73. The molecule has 4 heteroatoms. The molecule has 1 saturated carbocycles. The van der Waals surface area contributed by atoms with Crippen molar-refractivity contribution < 1.29 is 0 Å². The van der Waals surface area contributed by atoms with Gasteiger partial charge in [0.1, 0.15) is 0 Å². The standard InChI is InChI=1S/C16H24ClN3/c17-15-10-18-7-6-14(15)12-20-9-8-19-11-16(20)13-4-2-1-3-5-13/h6-7,10,13,16,19H,1-5,8-9,11-12H2. The van der Waals surface area contributed by atoms with Crippen molar-refractivity contribution in [2.24, 2.45) is 5.92 Å². The third-order valence-corrected chi connectivity index (χ3v) is 5.16. The molecule has 1 atom stereocenters. The lowest BCUT2D eigenvalue weighted by Gasteiger charge is -2.42. The van der Waals surface area contributed by atoms with E-state index in [4.69, 9.17) is 11.6 Å². The van der Waals surface area contributed by atoms with E-state index in [1.54, 1.807) is 6.20 Å². The van der Waals surface area contributed by atoms with Crippen molar-refractivity contribution in [2.45, 2.75) is 44.7 Å². The average Bonchev–Trinajstić information content (AvgIpc) is 2.51. The Morgan fingerprint density at radius 3 is 2.95 bits per heavy atom. The van der Waals surface area contributed by atoms with E-state index in [1.165, 1.54) is 37.7 Å². The Hall–Kier alpha value is -0.640. The summed E-state index contributed by atoms with van der Waals surface area (Å²) in [5.74, 6) is 0.858. The van der Waals surface area contributed by atoms with E-state index in [2.05, 4.69) is 21.3 Å². The molecule has 3 rings (SSSR count). The van der Waals surface area contributed by atoms with E-state index < -0.39 is 0 Å². The maximum Gasteiger partial charge on any atom is 0.0634 e. The van der Waals surface area contributed by atoms with E-state index >= 15 is 0 Å². The molecule has 0 amide bonds. The van der Waals surface area contributed by atoms with Gasteiger partial charge in [-0.3, -0.25) is 9.88 Å². The molecule has 1 unspecified atom stereocenters. The summed E-state index contributed by atoms with van der Waals surface area (Å²) >= 11 is 6.27. The molecule has 2 heterocycles. The molecule has 0 bridgehead atoms. The first-order valence-electron chi connectivity index (χ1n) is 7.88. The SMILES string of the molecule is Clc1cnccc1CN1CCNCC1C1CCCCC1. The van der Waals surface area contributed by atoms with Crippen LogP contribution in [0.2, 0.25) is 5.02 Å². The lowest BCUT2D eigenvalue weighted by molar-refractivity contribution is 0.0860. The largest absolute Gasteiger partial charge is 0.314 e. The Morgan fingerprint density at radius 2 is 2.15 bits per heavy atom. The van der Waals surface area contributed by atoms with Crippen LogP contribution in [0.25, 0.3) is 0 Å². The maximum absolute atomic E-state index is 6.27. The van der Waals surface area contributed by atoms with Gasteiger partial charge in [0.2, 0.25) is 0 Å². The minimum Gasteiger partial charge on any atom is -0.314 e. The number of hydrogen-bond acceptors (Lipinski definition) is 3. The molecular weight excluding hydrogens is 270 g/mol. The first-order chi connectivity index (χ1) is 9.84. The summed E-state index contributed by atoms with van der Waals surface area (Å²) in [7, 11) is 0. The van der Waals surface area contributed by atoms with Crippen LogP contribution >= 0.6 is 11.6 Å². The first kappa shape index (κ1) is 14.3. The lowest BCUT2D eigenvalue weighted by atomic mass is 9.82. The van der Waals surface area contributed by atoms with Crippen molar-refractivity contribution in [1.82, 2.24) is 15.2 Å². The van der Waals surface area contributed by atoms with Crippen molar-refractivity contribution in [3.63, 3.8) is 0 Å². The quantitative estimate of drug-likeness (QED) is 0.928. The fourth-order valence-electron chi connectivity index (χ4n) is 3.70. The Kier molecular flexibility index (Phi) is 4.92. The highest BCUT2D eigenvalue weighted by Crippen LogP contribution is 2.30. The van der Waals surface area contributed by atoms with Gasteiger partial charge < -0.3 is 5.32 Å². The summed E-state index contributed by atoms with van der Waals surface area (Å²) < 4.78 is 0. The fourth-order valence-corrected chi connectivity index (χ4v) is 3.88. The van der Waals surface area contributed by atoms with Gasteiger partial charge in [-0.15, -0.1) is 0 Å². The van der Waals surface area contributed by atoms with Gasteiger partial charge in [0.05, 0.1) is 5.02 Å². The van der Waals surface area contributed by atoms with Crippen LogP contribution in [0.5, 0.6) is 0 Å². The molecule has 3 nitrogen and oxygen atoms in total. The molecule has 1 aromatic heterocycles. The van der Waals surface area contributed by atoms with E-state index in [0.717, 1.165) is 37.1 Å². The third-order valence-electron chi connectivity index (χ3n) is 4.82.